The van der Waals surface area contributed by atoms with Gasteiger partial charge in [0, 0.05) is 24.8 Å². The van der Waals surface area contributed by atoms with Crippen LogP contribution in [0.3, 0.4) is 0 Å². The van der Waals surface area contributed by atoms with Gasteiger partial charge in [-0.2, -0.15) is 0 Å². The van der Waals surface area contributed by atoms with E-state index in [4.69, 9.17) is 4.74 Å². The van der Waals surface area contributed by atoms with Gasteiger partial charge in [0.1, 0.15) is 12.4 Å². The molecule has 132 valence electrons. The van der Waals surface area contributed by atoms with Crippen LogP contribution in [-0.4, -0.2) is 44.1 Å². The Kier molecular flexibility index (Phi) is 5.68. The van der Waals surface area contributed by atoms with Crippen molar-refractivity contribution in [2.75, 3.05) is 32.6 Å². The second-order valence-electron chi connectivity index (χ2n) is 6.58. The molecule has 0 aliphatic carbocycles. The van der Waals surface area contributed by atoms with Gasteiger partial charge >= 0.3 is 0 Å². The first-order valence-corrected chi connectivity index (χ1v) is 8.60. The topological polar surface area (TPSA) is 53.6 Å². The Hall–Kier alpha value is -2.37. The number of nitrogens with one attached hydrogen (secondary N) is 2. The maximum absolute atomic E-state index is 12.6. The summed E-state index contributed by atoms with van der Waals surface area (Å²) >= 11 is 0. The number of rotatable bonds is 6. The van der Waals surface area contributed by atoms with E-state index in [1.165, 1.54) is 11.1 Å². The molecule has 25 heavy (non-hydrogen) atoms. The Bertz CT molecular complexity index is 730. The molecule has 1 amide bonds. The fourth-order valence-electron chi connectivity index (χ4n) is 2.88. The second kappa shape index (κ2) is 8.14. The number of anilines is 1. The van der Waals surface area contributed by atoms with Crippen LogP contribution in [0, 0.1) is 0 Å². The number of hydrogen-bond donors (Lipinski definition) is 2. The Labute approximate surface area is 149 Å². The lowest BCUT2D eigenvalue weighted by Crippen LogP contribution is -2.44. The number of benzene rings is 2. The molecule has 0 saturated carbocycles. The van der Waals surface area contributed by atoms with Crippen molar-refractivity contribution >= 4 is 11.6 Å². The average Bonchev–Trinajstić information content (AvgIpc) is 2.61. The van der Waals surface area contributed by atoms with E-state index in [-0.39, 0.29) is 11.9 Å². The highest BCUT2D eigenvalue weighted by atomic mass is 16.5. The van der Waals surface area contributed by atoms with Gasteiger partial charge in [-0.05, 0) is 43.8 Å². The van der Waals surface area contributed by atoms with Gasteiger partial charge in [-0.3, -0.25) is 4.79 Å². The molecule has 2 N–H and O–H groups in total. The van der Waals surface area contributed by atoms with Crippen molar-refractivity contribution in [3.05, 3.63) is 59.7 Å². The summed E-state index contributed by atoms with van der Waals surface area (Å²) in [7, 11) is 4.02. The normalized spacial score (nSPS) is 16.4. The molecule has 0 radical (unpaired) electrons. The quantitative estimate of drug-likeness (QED) is 0.848. The molecule has 5 heteroatoms. The van der Waals surface area contributed by atoms with Crippen molar-refractivity contribution in [1.29, 1.82) is 0 Å². The molecule has 3 rings (SSSR count). The zero-order valence-corrected chi connectivity index (χ0v) is 14.8. The molecule has 0 saturated heterocycles. The molecule has 1 atom stereocenters. The molecule has 1 unspecified atom stereocenters. The maximum Gasteiger partial charge on any atom is 0.241 e. The Morgan fingerprint density at radius 1 is 1.20 bits per heavy atom. The zero-order valence-electron chi connectivity index (χ0n) is 14.8. The zero-order chi connectivity index (χ0) is 17.6. The predicted octanol–water partition coefficient (Wildman–Crippen LogP) is 2.28. The number of ether oxygens (including phenoxy) is 1. The van der Waals surface area contributed by atoms with Crippen LogP contribution >= 0.6 is 0 Å². The van der Waals surface area contributed by atoms with Crippen molar-refractivity contribution in [2.24, 2.45) is 0 Å². The van der Waals surface area contributed by atoms with Crippen molar-refractivity contribution in [1.82, 2.24) is 10.2 Å². The number of carbonyl (C=O) groups excluding carboxylic acids is 1. The van der Waals surface area contributed by atoms with Crippen molar-refractivity contribution < 1.29 is 9.53 Å². The van der Waals surface area contributed by atoms with E-state index in [0.29, 0.717) is 13.0 Å². The van der Waals surface area contributed by atoms with E-state index >= 15 is 0 Å². The molecule has 1 heterocycles. The third-order valence-electron chi connectivity index (χ3n) is 4.31. The van der Waals surface area contributed by atoms with Crippen LogP contribution in [0.5, 0.6) is 5.75 Å². The summed E-state index contributed by atoms with van der Waals surface area (Å²) in [4.78, 5) is 14.6. The summed E-state index contributed by atoms with van der Waals surface area (Å²) in [5, 5.41) is 6.30. The minimum Gasteiger partial charge on any atom is -0.492 e. The fourth-order valence-corrected chi connectivity index (χ4v) is 2.88. The van der Waals surface area contributed by atoms with Crippen LogP contribution in [0.4, 0.5) is 5.69 Å². The van der Waals surface area contributed by atoms with E-state index in [9.17, 15) is 4.79 Å². The maximum atomic E-state index is 12.6. The molecule has 0 bridgehead atoms. The molecular weight excluding hydrogens is 314 g/mol. The van der Waals surface area contributed by atoms with Crippen molar-refractivity contribution in [2.45, 2.75) is 19.0 Å². The third-order valence-corrected chi connectivity index (χ3v) is 4.31. The average molecular weight is 339 g/mol. The molecule has 0 spiro atoms. The Morgan fingerprint density at radius 3 is 2.80 bits per heavy atom. The van der Waals surface area contributed by atoms with Crippen LogP contribution in [0.25, 0.3) is 0 Å². The summed E-state index contributed by atoms with van der Waals surface area (Å²) in [5.74, 6) is 0.751. The van der Waals surface area contributed by atoms with Crippen LogP contribution < -0.4 is 15.4 Å². The summed E-state index contributed by atoms with van der Waals surface area (Å²) < 4.78 is 5.72. The summed E-state index contributed by atoms with van der Waals surface area (Å²) in [6, 6.07) is 15.6. The molecule has 1 aliphatic rings. The Morgan fingerprint density at radius 2 is 2.00 bits per heavy atom. The van der Waals surface area contributed by atoms with Crippen LogP contribution in [0.15, 0.2) is 48.5 Å². The number of likely N-dealkylation sites (N-methyl/N-ethyl adjacent to an activating group) is 1. The van der Waals surface area contributed by atoms with E-state index in [2.05, 4.69) is 27.7 Å². The molecule has 2 aromatic rings. The number of hydrogen-bond acceptors (Lipinski definition) is 4. The van der Waals surface area contributed by atoms with E-state index in [0.717, 1.165) is 24.5 Å². The van der Waals surface area contributed by atoms with Gasteiger partial charge in [-0.15, -0.1) is 0 Å². The number of amides is 1. The minimum absolute atomic E-state index is 0.0139. The van der Waals surface area contributed by atoms with Gasteiger partial charge in [-0.1, -0.05) is 30.3 Å². The number of carbonyl (C=O) groups is 1. The van der Waals surface area contributed by atoms with Gasteiger partial charge in [0.15, 0.2) is 0 Å². The standard InChI is InChI=1S/C20H25N3O2/c1-23(2)10-11-25-18-9-5-8-17(13-18)22-20(24)19-12-15-6-3-4-7-16(15)14-21-19/h3-9,13,19,21H,10-12,14H2,1-2H3,(H,22,24). The van der Waals surface area contributed by atoms with E-state index in [1.807, 2.05) is 50.5 Å². The largest absolute Gasteiger partial charge is 0.492 e. The third kappa shape index (κ3) is 4.81. The molecule has 1 aliphatic heterocycles. The van der Waals surface area contributed by atoms with E-state index in [1.54, 1.807) is 0 Å². The van der Waals surface area contributed by atoms with Crippen molar-refractivity contribution in [3.63, 3.8) is 0 Å². The highest BCUT2D eigenvalue weighted by Crippen LogP contribution is 2.20. The highest BCUT2D eigenvalue weighted by Gasteiger charge is 2.23. The number of nitrogens with zero attached hydrogens (tertiary/aromatic N) is 1. The predicted molar refractivity (Wildman–Crippen MR) is 99.9 cm³/mol. The summed E-state index contributed by atoms with van der Waals surface area (Å²) in [6.07, 6.45) is 0.709. The van der Waals surface area contributed by atoms with Gasteiger partial charge < -0.3 is 20.3 Å². The van der Waals surface area contributed by atoms with Gasteiger partial charge in [0.2, 0.25) is 5.91 Å². The van der Waals surface area contributed by atoms with Gasteiger partial charge in [0.05, 0.1) is 6.04 Å². The molecular formula is C20H25N3O2. The second-order valence-corrected chi connectivity index (χ2v) is 6.58. The monoisotopic (exact) mass is 339 g/mol. The SMILES string of the molecule is CN(C)CCOc1cccc(NC(=O)C2Cc3ccccc3CN2)c1. The summed E-state index contributed by atoms with van der Waals surface area (Å²) in [5.41, 5.74) is 3.26. The first-order valence-electron chi connectivity index (χ1n) is 8.60. The lowest BCUT2D eigenvalue weighted by Gasteiger charge is -2.25. The molecule has 0 aromatic heterocycles. The van der Waals surface area contributed by atoms with Crippen LogP contribution in [0.2, 0.25) is 0 Å². The van der Waals surface area contributed by atoms with E-state index < -0.39 is 0 Å². The minimum atomic E-state index is -0.215. The van der Waals surface area contributed by atoms with Gasteiger partial charge in [0.25, 0.3) is 0 Å². The Balaban J connectivity index is 1.58. The van der Waals surface area contributed by atoms with Crippen LogP contribution in [-0.2, 0) is 17.8 Å². The molecule has 0 fully saturated rings. The van der Waals surface area contributed by atoms with Crippen LogP contribution in [0.1, 0.15) is 11.1 Å². The fraction of sp³-hybridized carbons (Fsp3) is 0.350. The highest BCUT2D eigenvalue weighted by molar-refractivity contribution is 5.95. The lowest BCUT2D eigenvalue weighted by molar-refractivity contribution is -0.118. The first kappa shape index (κ1) is 17.5. The molecule has 5 nitrogen and oxygen atoms in total. The molecule has 2 aromatic carbocycles. The van der Waals surface area contributed by atoms with Gasteiger partial charge in [-0.25, -0.2) is 0 Å². The first-order chi connectivity index (χ1) is 12.1. The lowest BCUT2D eigenvalue weighted by atomic mass is 9.95. The van der Waals surface area contributed by atoms with Crippen molar-refractivity contribution in [3.8, 4) is 5.75 Å². The number of fused-ring (bicyclic) bond motifs is 1. The summed E-state index contributed by atoms with van der Waals surface area (Å²) in [6.45, 7) is 2.19. The smallest absolute Gasteiger partial charge is 0.241 e.